The zero-order valence-electron chi connectivity index (χ0n) is 14.5. The molecule has 0 aliphatic heterocycles. The lowest BCUT2D eigenvalue weighted by Crippen LogP contribution is -2.14. The quantitative estimate of drug-likeness (QED) is 0.217. The summed E-state index contributed by atoms with van der Waals surface area (Å²) in [6.45, 7) is 3.88. The molecule has 1 atom stereocenters. The van der Waals surface area contributed by atoms with Crippen molar-refractivity contribution in [3.8, 4) is 0 Å². The molecule has 22 heavy (non-hydrogen) atoms. The van der Waals surface area contributed by atoms with E-state index in [4.69, 9.17) is 0 Å². The summed E-state index contributed by atoms with van der Waals surface area (Å²) < 4.78 is 35.6. The van der Waals surface area contributed by atoms with Gasteiger partial charge in [0.15, 0.2) is 0 Å². The summed E-state index contributed by atoms with van der Waals surface area (Å²) in [5.74, 6) is 0. The molecule has 1 unspecified atom stereocenters. The molecule has 0 aromatic heterocycles. The van der Waals surface area contributed by atoms with Gasteiger partial charge in [0.25, 0.3) is 0 Å². The summed E-state index contributed by atoms with van der Waals surface area (Å²) in [7, 11) is -4.54. The lowest BCUT2D eigenvalue weighted by Gasteiger charge is -2.14. The van der Waals surface area contributed by atoms with E-state index >= 15 is 0 Å². The summed E-state index contributed by atoms with van der Waals surface area (Å²) in [6, 6.07) is 0. The highest BCUT2D eigenvalue weighted by atomic mass is 32.3. The largest absolute Gasteiger partial charge is 0.726 e. The molecule has 0 aliphatic rings. The van der Waals surface area contributed by atoms with E-state index in [1.165, 1.54) is 70.6 Å². The zero-order valence-corrected chi connectivity index (χ0v) is 15.3. The lowest BCUT2D eigenvalue weighted by molar-refractivity contribution is 0.181. The van der Waals surface area contributed by atoms with Gasteiger partial charge in [-0.2, -0.15) is 0 Å². The predicted octanol–water partition coefficient (Wildman–Crippen LogP) is 5.33. The SMILES string of the molecule is CCCCCCCCCCCCCCCC(C)OS(=O)(=O)[O-]. The van der Waals surface area contributed by atoms with E-state index in [1.54, 1.807) is 6.92 Å². The molecule has 0 rings (SSSR count). The van der Waals surface area contributed by atoms with Crippen LogP contribution in [-0.2, 0) is 14.6 Å². The average Bonchev–Trinajstić information content (AvgIpc) is 2.42. The molecular formula is C17H35O4S-. The van der Waals surface area contributed by atoms with E-state index in [2.05, 4.69) is 11.1 Å². The van der Waals surface area contributed by atoms with Crippen LogP contribution < -0.4 is 0 Å². The second kappa shape index (κ2) is 14.5. The molecule has 0 N–H and O–H groups in total. The highest BCUT2D eigenvalue weighted by Gasteiger charge is 2.05. The molecule has 5 heteroatoms. The predicted molar refractivity (Wildman–Crippen MR) is 90.6 cm³/mol. The van der Waals surface area contributed by atoms with Gasteiger partial charge < -0.3 is 4.55 Å². The summed E-state index contributed by atoms with van der Waals surface area (Å²) >= 11 is 0. The monoisotopic (exact) mass is 335 g/mol. The van der Waals surface area contributed by atoms with Crippen LogP contribution in [0, 0.1) is 0 Å². The molecule has 4 nitrogen and oxygen atoms in total. The van der Waals surface area contributed by atoms with Gasteiger partial charge in [0.1, 0.15) is 0 Å². The topological polar surface area (TPSA) is 66.4 Å². The van der Waals surface area contributed by atoms with Crippen LogP contribution >= 0.6 is 0 Å². The van der Waals surface area contributed by atoms with Crippen LogP contribution in [-0.4, -0.2) is 19.1 Å². The lowest BCUT2D eigenvalue weighted by atomic mass is 10.0. The number of rotatable bonds is 16. The van der Waals surface area contributed by atoms with Crippen molar-refractivity contribution in [2.75, 3.05) is 0 Å². The van der Waals surface area contributed by atoms with Crippen molar-refractivity contribution in [3.63, 3.8) is 0 Å². The first kappa shape index (κ1) is 21.9. The molecule has 0 fully saturated rings. The van der Waals surface area contributed by atoms with Gasteiger partial charge in [-0.25, -0.2) is 8.42 Å². The Kier molecular flexibility index (Phi) is 14.4. The van der Waals surface area contributed by atoms with E-state index in [0.717, 1.165) is 12.8 Å². The van der Waals surface area contributed by atoms with Crippen molar-refractivity contribution in [1.82, 2.24) is 0 Å². The maximum atomic E-state index is 10.4. The summed E-state index contributed by atoms with van der Waals surface area (Å²) in [5, 5.41) is 0. The Labute approximate surface area is 138 Å². The molecule has 0 aliphatic carbocycles. The van der Waals surface area contributed by atoms with Crippen molar-refractivity contribution in [1.29, 1.82) is 0 Å². The number of hydrogen-bond acceptors (Lipinski definition) is 4. The Morgan fingerprint density at radius 3 is 1.50 bits per heavy atom. The minimum absolute atomic E-state index is 0.491. The van der Waals surface area contributed by atoms with Gasteiger partial charge in [0.2, 0.25) is 10.4 Å². The Bertz CT molecular complexity index is 328. The first-order valence-corrected chi connectivity index (χ1v) is 10.4. The maximum absolute atomic E-state index is 10.4. The molecule has 0 amide bonds. The van der Waals surface area contributed by atoms with Crippen LogP contribution in [0.1, 0.15) is 104 Å². The number of hydrogen-bond donors (Lipinski definition) is 0. The normalized spacial score (nSPS) is 13.4. The van der Waals surface area contributed by atoms with Gasteiger partial charge in [-0.1, -0.05) is 90.4 Å². The maximum Gasteiger partial charge on any atom is 0.217 e. The molecule has 0 saturated carbocycles. The second-order valence-corrected chi connectivity index (χ2v) is 7.36. The van der Waals surface area contributed by atoms with Crippen LogP contribution in [0.3, 0.4) is 0 Å². The van der Waals surface area contributed by atoms with Gasteiger partial charge in [-0.05, 0) is 13.3 Å². The fourth-order valence-corrected chi connectivity index (χ4v) is 3.20. The third kappa shape index (κ3) is 17.9. The van der Waals surface area contributed by atoms with Gasteiger partial charge in [0, 0.05) is 0 Å². The van der Waals surface area contributed by atoms with Crippen molar-refractivity contribution in [2.45, 2.75) is 110 Å². The highest BCUT2D eigenvalue weighted by Crippen LogP contribution is 2.14. The Morgan fingerprint density at radius 2 is 1.14 bits per heavy atom. The zero-order chi connectivity index (χ0) is 16.7. The molecule has 134 valence electrons. The van der Waals surface area contributed by atoms with E-state index in [0.29, 0.717) is 6.42 Å². The fourth-order valence-electron chi connectivity index (χ4n) is 2.70. The van der Waals surface area contributed by atoms with Crippen LogP contribution in [0.5, 0.6) is 0 Å². The molecule has 0 bridgehead atoms. The highest BCUT2D eigenvalue weighted by molar-refractivity contribution is 7.80. The Morgan fingerprint density at radius 1 is 0.773 bits per heavy atom. The van der Waals surface area contributed by atoms with Gasteiger partial charge in [-0.15, -0.1) is 0 Å². The molecule has 0 radical (unpaired) electrons. The summed E-state index contributed by atoms with van der Waals surface area (Å²) in [6.07, 6.45) is 16.9. The van der Waals surface area contributed by atoms with Gasteiger partial charge in [0.05, 0.1) is 6.10 Å². The smallest absolute Gasteiger partial charge is 0.217 e. The third-order valence-corrected chi connectivity index (χ3v) is 4.56. The average molecular weight is 336 g/mol. The van der Waals surface area contributed by atoms with Gasteiger partial charge >= 0.3 is 0 Å². The second-order valence-electron chi connectivity index (χ2n) is 6.35. The Balaban J connectivity index is 3.17. The molecule has 0 aromatic carbocycles. The third-order valence-electron chi connectivity index (χ3n) is 4.00. The standard InChI is InChI=1S/C17H36O4S/c1-3-4-5-6-7-8-9-10-11-12-13-14-15-16-17(2)21-22(18,19)20/h17H,3-16H2,1-2H3,(H,18,19,20)/p-1. The van der Waals surface area contributed by atoms with E-state index < -0.39 is 16.5 Å². The molecule has 0 aromatic rings. The fraction of sp³-hybridized carbons (Fsp3) is 1.00. The van der Waals surface area contributed by atoms with Crippen LogP contribution in [0.15, 0.2) is 0 Å². The molecular weight excluding hydrogens is 300 g/mol. The molecule has 0 spiro atoms. The van der Waals surface area contributed by atoms with Crippen LogP contribution in [0.2, 0.25) is 0 Å². The van der Waals surface area contributed by atoms with Crippen molar-refractivity contribution >= 4 is 10.4 Å². The van der Waals surface area contributed by atoms with E-state index in [-0.39, 0.29) is 0 Å². The van der Waals surface area contributed by atoms with E-state index in [1.807, 2.05) is 0 Å². The minimum atomic E-state index is -4.54. The minimum Gasteiger partial charge on any atom is -0.726 e. The number of unbranched alkanes of at least 4 members (excludes halogenated alkanes) is 12. The first-order chi connectivity index (χ1) is 10.5. The van der Waals surface area contributed by atoms with Gasteiger partial charge in [-0.3, -0.25) is 4.18 Å². The molecule has 0 heterocycles. The van der Waals surface area contributed by atoms with Crippen molar-refractivity contribution < 1.29 is 17.2 Å². The first-order valence-electron chi connectivity index (χ1n) is 9.10. The summed E-state index contributed by atoms with van der Waals surface area (Å²) in [5.41, 5.74) is 0. The molecule has 0 saturated heterocycles. The summed E-state index contributed by atoms with van der Waals surface area (Å²) in [4.78, 5) is 0. The van der Waals surface area contributed by atoms with Crippen molar-refractivity contribution in [3.05, 3.63) is 0 Å². The Hall–Kier alpha value is -0.130. The van der Waals surface area contributed by atoms with Crippen LogP contribution in [0.25, 0.3) is 0 Å². The van der Waals surface area contributed by atoms with E-state index in [9.17, 15) is 13.0 Å². The van der Waals surface area contributed by atoms with Crippen LogP contribution in [0.4, 0.5) is 0 Å². The van der Waals surface area contributed by atoms with Crippen molar-refractivity contribution in [2.24, 2.45) is 0 Å².